The minimum atomic E-state index is 0.0810. The van der Waals surface area contributed by atoms with E-state index < -0.39 is 0 Å². The Morgan fingerprint density at radius 1 is 1.62 bits per heavy atom. The molecule has 1 aromatic carbocycles. The summed E-state index contributed by atoms with van der Waals surface area (Å²) in [6.07, 6.45) is 0. The number of aromatic hydroxyl groups is 1. The quantitative estimate of drug-likeness (QED) is 0.539. The van der Waals surface area contributed by atoms with Crippen LogP contribution in [0.2, 0.25) is 0 Å². The standard InChI is InChI=1S/C7H8O/c1-6-4-2-3-5-7(6)8/h2-5,8H,1H3/i5T. The van der Waals surface area contributed by atoms with Gasteiger partial charge >= 0.3 is 0 Å². The molecule has 0 saturated heterocycles. The molecule has 0 aromatic heterocycles. The minimum Gasteiger partial charge on any atom is -0.508 e. The molecule has 1 N–H and O–H groups in total. The van der Waals surface area contributed by atoms with E-state index in [0.717, 1.165) is 5.56 Å². The van der Waals surface area contributed by atoms with Gasteiger partial charge in [0.25, 0.3) is 0 Å². The number of phenols is 1. The molecule has 0 atom stereocenters. The second-order valence-electron chi connectivity index (χ2n) is 1.70. The van der Waals surface area contributed by atoms with Crippen molar-refractivity contribution in [3.05, 3.63) is 29.8 Å². The Bertz CT molecular complexity index is 200. The molecule has 1 rings (SSSR count). The van der Waals surface area contributed by atoms with Crippen molar-refractivity contribution >= 4 is 0 Å². The molecule has 0 aliphatic heterocycles. The number of aryl methyl sites for hydroxylation is 1. The highest BCUT2D eigenvalue weighted by atomic mass is 16.3. The molecule has 0 bridgehead atoms. The Kier molecular flexibility index (Phi) is 0.922. The zero-order valence-electron chi connectivity index (χ0n) is 5.68. The van der Waals surface area contributed by atoms with E-state index in [0.29, 0.717) is 0 Å². The van der Waals surface area contributed by atoms with Crippen LogP contribution in [0.3, 0.4) is 0 Å². The zero-order valence-corrected chi connectivity index (χ0v) is 4.68. The maximum absolute atomic E-state index is 9.02. The number of phenolic OH excluding ortho intramolecular Hbond substituents is 1. The van der Waals surface area contributed by atoms with Crippen molar-refractivity contribution in [2.45, 2.75) is 6.92 Å². The third-order valence-corrected chi connectivity index (χ3v) is 1.04. The molecule has 0 fully saturated rings. The number of benzene rings is 1. The van der Waals surface area contributed by atoms with Crippen molar-refractivity contribution in [1.29, 1.82) is 0 Å². The smallest absolute Gasteiger partial charge is 0.118 e. The fraction of sp³-hybridized carbons (Fsp3) is 0.143. The summed E-state index contributed by atoms with van der Waals surface area (Å²) < 4.78 is 7.11. The maximum atomic E-state index is 9.02. The van der Waals surface area contributed by atoms with Crippen molar-refractivity contribution in [2.24, 2.45) is 0 Å². The van der Waals surface area contributed by atoms with Crippen LogP contribution in [0.1, 0.15) is 6.93 Å². The molecule has 1 heteroatoms. The Hall–Kier alpha value is -0.980. The van der Waals surface area contributed by atoms with E-state index in [1.807, 2.05) is 0 Å². The Labute approximate surface area is 50.0 Å². The van der Waals surface area contributed by atoms with E-state index in [1.54, 1.807) is 25.1 Å². The van der Waals surface area contributed by atoms with Gasteiger partial charge in [-0.15, -0.1) is 0 Å². The third-order valence-electron chi connectivity index (χ3n) is 1.04. The van der Waals surface area contributed by atoms with Crippen LogP contribution in [0.25, 0.3) is 0 Å². The lowest BCUT2D eigenvalue weighted by molar-refractivity contribution is 0.471. The first-order valence-electron chi connectivity index (χ1n) is 2.97. The van der Waals surface area contributed by atoms with Gasteiger partial charge in [-0.1, -0.05) is 18.2 Å². The van der Waals surface area contributed by atoms with E-state index in [4.69, 9.17) is 6.48 Å². The molecule has 0 aliphatic carbocycles. The summed E-state index contributed by atoms with van der Waals surface area (Å²) in [6, 6.07) is 5.27. The molecule has 0 amide bonds. The molecule has 0 unspecified atom stereocenters. The van der Waals surface area contributed by atoms with Gasteiger partial charge in [-0.25, -0.2) is 0 Å². The fourth-order valence-electron chi connectivity index (χ4n) is 0.512. The summed E-state index contributed by atoms with van der Waals surface area (Å²) >= 11 is 0. The first kappa shape index (κ1) is 3.96. The molecule has 0 saturated carbocycles. The second kappa shape index (κ2) is 1.86. The lowest BCUT2D eigenvalue weighted by Crippen LogP contribution is -1.68. The average molecular weight is 110 g/mol. The van der Waals surface area contributed by atoms with E-state index >= 15 is 0 Å². The van der Waals surface area contributed by atoms with Gasteiger partial charge in [0.1, 0.15) is 5.75 Å². The van der Waals surface area contributed by atoms with Gasteiger partial charge in [-0.3, -0.25) is 0 Å². The van der Waals surface area contributed by atoms with Crippen molar-refractivity contribution in [3.8, 4) is 5.75 Å². The summed E-state index contributed by atoms with van der Waals surface area (Å²) in [5, 5.41) is 9.02. The summed E-state index contributed by atoms with van der Waals surface area (Å²) in [7, 11) is 0. The van der Waals surface area contributed by atoms with Gasteiger partial charge in [0, 0.05) is 0 Å². The van der Waals surface area contributed by atoms with Crippen molar-refractivity contribution < 1.29 is 6.48 Å². The van der Waals surface area contributed by atoms with Gasteiger partial charge in [-0.05, 0) is 18.5 Å². The highest BCUT2D eigenvalue weighted by Crippen LogP contribution is 2.12. The van der Waals surface area contributed by atoms with E-state index in [-0.39, 0.29) is 11.8 Å². The molecular formula is C7H8O. The van der Waals surface area contributed by atoms with Crippen LogP contribution in [0.15, 0.2) is 24.2 Å². The van der Waals surface area contributed by atoms with Crippen LogP contribution < -0.4 is 0 Å². The van der Waals surface area contributed by atoms with Crippen LogP contribution >= 0.6 is 0 Å². The molecule has 42 valence electrons. The summed E-state index contributed by atoms with van der Waals surface area (Å²) in [6.45, 7) is 1.77. The van der Waals surface area contributed by atoms with E-state index in [1.165, 1.54) is 0 Å². The first-order valence-corrected chi connectivity index (χ1v) is 2.47. The second-order valence-corrected chi connectivity index (χ2v) is 1.70. The number of hydrogen-bond acceptors (Lipinski definition) is 1. The summed E-state index contributed by atoms with van der Waals surface area (Å²) in [5.41, 5.74) is 0.752. The highest BCUT2D eigenvalue weighted by Gasteiger charge is 1.86. The molecule has 0 aliphatic rings. The van der Waals surface area contributed by atoms with Gasteiger partial charge in [0.2, 0.25) is 0 Å². The van der Waals surface area contributed by atoms with Crippen LogP contribution in [-0.4, -0.2) is 5.11 Å². The van der Waals surface area contributed by atoms with Crippen molar-refractivity contribution in [2.75, 3.05) is 0 Å². The number of para-hydroxylation sites is 1. The van der Waals surface area contributed by atoms with Crippen molar-refractivity contribution in [1.82, 2.24) is 0 Å². The summed E-state index contributed by atoms with van der Waals surface area (Å²) in [4.78, 5) is 0. The fourth-order valence-corrected chi connectivity index (χ4v) is 0.512. The molecule has 0 radical (unpaired) electrons. The largest absolute Gasteiger partial charge is 0.508 e. The third kappa shape index (κ3) is 0.808. The zero-order chi connectivity index (χ0) is 6.85. The van der Waals surface area contributed by atoms with Gasteiger partial charge in [0.15, 0.2) is 0 Å². The van der Waals surface area contributed by atoms with Gasteiger partial charge in [0.05, 0.1) is 1.37 Å². The average Bonchev–Trinajstić information content (AvgIpc) is 1.83. The van der Waals surface area contributed by atoms with Crippen LogP contribution in [0.4, 0.5) is 0 Å². The van der Waals surface area contributed by atoms with Crippen LogP contribution in [0, 0.1) is 6.92 Å². The van der Waals surface area contributed by atoms with Crippen LogP contribution in [0.5, 0.6) is 5.75 Å². The lowest BCUT2D eigenvalue weighted by atomic mass is 10.2. The molecule has 1 nitrogen and oxygen atoms in total. The predicted octanol–water partition coefficient (Wildman–Crippen LogP) is 1.70. The Morgan fingerprint density at radius 3 is 2.88 bits per heavy atom. The van der Waals surface area contributed by atoms with Gasteiger partial charge < -0.3 is 5.11 Å². The predicted molar refractivity (Wildman–Crippen MR) is 32.8 cm³/mol. The SMILES string of the molecule is [3H]c1cccc(C)c1O. The first-order chi connectivity index (χ1) is 4.22. The van der Waals surface area contributed by atoms with Crippen molar-refractivity contribution in [3.63, 3.8) is 0 Å². The van der Waals surface area contributed by atoms with E-state index in [9.17, 15) is 0 Å². The number of rotatable bonds is 0. The lowest BCUT2D eigenvalue weighted by Gasteiger charge is -1.92. The minimum absolute atomic E-state index is 0.0810. The Morgan fingerprint density at radius 2 is 2.38 bits per heavy atom. The normalized spacial score (nSPS) is 10.9. The topological polar surface area (TPSA) is 20.2 Å². The molecular weight excluding hydrogens is 100 g/mol. The highest BCUT2D eigenvalue weighted by molar-refractivity contribution is 5.29. The molecule has 8 heavy (non-hydrogen) atoms. The Balaban J connectivity index is 3.25. The molecule has 1 aromatic rings. The molecule has 0 heterocycles. The molecule has 0 spiro atoms. The van der Waals surface area contributed by atoms with Crippen LogP contribution in [-0.2, 0) is 0 Å². The maximum Gasteiger partial charge on any atom is 0.118 e. The van der Waals surface area contributed by atoms with Gasteiger partial charge in [-0.2, -0.15) is 0 Å². The van der Waals surface area contributed by atoms with E-state index in [2.05, 4.69) is 0 Å². The summed E-state index contributed by atoms with van der Waals surface area (Å²) in [5.74, 6) is 0.0810. The number of hydrogen-bond donors (Lipinski definition) is 1. The monoisotopic (exact) mass is 110 g/mol.